The van der Waals surface area contributed by atoms with Gasteiger partial charge in [0.2, 0.25) is 23.6 Å². The number of amides is 7. The molecule has 0 spiro atoms. The molecule has 5 aromatic heterocycles. The Morgan fingerprint density at radius 1 is 0.609 bits per heavy atom. The zero-order chi connectivity index (χ0) is 98.9. The van der Waals surface area contributed by atoms with Gasteiger partial charge in [0.05, 0.1) is 70.5 Å². The lowest BCUT2D eigenvalue weighted by Crippen LogP contribution is -2.55. The molecule has 138 heavy (non-hydrogen) atoms. The van der Waals surface area contributed by atoms with Gasteiger partial charge in [-0.15, -0.1) is 22.7 Å². The summed E-state index contributed by atoms with van der Waals surface area (Å²) in [6, 6.07) is 69.2. The molecule has 6 aliphatic rings. The number of H-pyrrole nitrogens is 1. The molecular formula is C105H115ClN24O6S2. The first kappa shape index (κ1) is 99.0. The molecule has 1 fully saturated rings. The molecule has 1 saturated heterocycles. The fourth-order valence-corrected chi connectivity index (χ4v) is 20.1. The molecule has 0 saturated carbocycles. The highest BCUT2D eigenvalue weighted by Crippen LogP contribution is 2.50. The number of pyridine rings is 1. The summed E-state index contributed by atoms with van der Waals surface area (Å²) >= 11 is 9.08. The van der Waals surface area contributed by atoms with Crippen LogP contribution in [0.3, 0.4) is 0 Å². The number of nitrogens with two attached hydrogens (primary N) is 5. The van der Waals surface area contributed by atoms with Crippen molar-refractivity contribution in [2.75, 3.05) is 53.1 Å². The lowest BCUT2D eigenvalue weighted by atomic mass is 9.74. The van der Waals surface area contributed by atoms with Crippen LogP contribution in [0, 0.1) is 34.5 Å². The second kappa shape index (κ2) is 41.3. The summed E-state index contributed by atoms with van der Waals surface area (Å²) in [4.78, 5) is 116. The third kappa shape index (κ3) is 21.2. The van der Waals surface area contributed by atoms with Crippen LogP contribution in [0.4, 0.5) is 10.5 Å². The van der Waals surface area contributed by atoms with E-state index < -0.39 is 39.5 Å². The predicted molar refractivity (Wildman–Crippen MR) is 544 cm³/mol. The number of aliphatic imine (C=N–C) groups is 5. The number of nitriles is 2. The molecule has 33 heteroatoms. The van der Waals surface area contributed by atoms with E-state index in [1.54, 1.807) is 126 Å². The van der Waals surface area contributed by atoms with Crippen LogP contribution in [0.2, 0.25) is 5.02 Å². The van der Waals surface area contributed by atoms with Gasteiger partial charge in [0.1, 0.15) is 17.0 Å². The molecule has 6 aliphatic heterocycles. The van der Waals surface area contributed by atoms with Gasteiger partial charge in [-0.3, -0.25) is 58.6 Å². The van der Waals surface area contributed by atoms with Gasteiger partial charge in [-0.2, -0.15) is 20.7 Å². The highest BCUT2D eigenvalue weighted by Gasteiger charge is 2.53. The summed E-state index contributed by atoms with van der Waals surface area (Å²) in [5.74, 6) is 0.528. The van der Waals surface area contributed by atoms with E-state index in [9.17, 15) is 34.0 Å². The van der Waals surface area contributed by atoms with Crippen molar-refractivity contribution >= 4 is 116 Å². The van der Waals surface area contributed by atoms with Gasteiger partial charge in [0.25, 0.3) is 5.91 Å². The van der Waals surface area contributed by atoms with Crippen molar-refractivity contribution in [1.29, 1.82) is 10.5 Å². The Kier molecular flexibility index (Phi) is 29.6. The molecule has 7 atom stereocenters. The number of nitrogens with one attached hydrogen (secondary N) is 2. The lowest BCUT2D eigenvalue weighted by molar-refractivity contribution is -0.131. The van der Waals surface area contributed by atoms with Gasteiger partial charge in [-0.05, 0) is 211 Å². The van der Waals surface area contributed by atoms with Crippen LogP contribution in [0.5, 0.6) is 0 Å². The smallest absolute Gasteiger partial charge is 0.321 e. The van der Waals surface area contributed by atoms with Crippen molar-refractivity contribution in [3.63, 3.8) is 0 Å². The number of hydrogen-bond donors (Lipinski definition) is 7. The van der Waals surface area contributed by atoms with Crippen LogP contribution < -0.4 is 34.0 Å². The van der Waals surface area contributed by atoms with E-state index in [2.05, 4.69) is 107 Å². The van der Waals surface area contributed by atoms with Gasteiger partial charge >= 0.3 is 6.03 Å². The first-order valence-corrected chi connectivity index (χ1v) is 47.7. The van der Waals surface area contributed by atoms with E-state index in [0.717, 1.165) is 102 Å². The number of likely N-dealkylation sites (N-methyl/N-ethyl adjacent to an activating group) is 2. The Bertz CT molecular complexity index is 6720. The molecule has 1 unspecified atom stereocenters. The number of anilines is 1. The number of benzene rings is 7. The van der Waals surface area contributed by atoms with Crippen molar-refractivity contribution in [1.82, 2.24) is 54.4 Å². The highest BCUT2D eigenvalue weighted by molar-refractivity contribution is 7.11. The number of fused-ring (bicyclic) bond motifs is 1. The number of piperidine rings is 1. The maximum atomic E-state index is 13.6. The van der Waals surface area contributed by atoms with E-state index in [0.29, 0.717) is 66.7 Å². The van der Waals surface area contributed by atoms with Gasteiger partial charge in [-0.1, -0.05) is 168 Å². The summed E-state index contributed by atoms with van der Waals surface area (Å²) in [7, 11) is 6.60. The number of rotatable bonds is 17. The molecule has 0 bridgehead atoms. The van der Waals surface area contributed by atoms with E-state index in [1.165, 1.54) is 25.2 Å². The number of aromatic nitrogens is 5. The molecule has 11 heterocycles. The topological polar surface area (TPSA) is 433 Å². The number of carbonyl (C=O) groups excluding carboxylic acids is 6. The number of halogens is 1. The Hall–Kier alpha value is -15.0. The number of thiophene rings is 2. The second-order valence-corrected chi connectivity index (χ2v) is 39.7. The number of aryl methyl sites for hydroxylation is 1. The summed E-state index contributed by atoms with van der Waals surface area (Å²) in [5.41, 5.74) is 39.4. The van der Waals surface area contributed by atoms with Gasteiger partial charge in [0.15, 0.2) is 35.3 Å². The van der Waals surface area contributed by atoms with Crippen molar-refractivity contribution in [3.05, 3.63) is 312 Å². The van der Waals surface area contributed by atoms with Crippen LogP contribution in [0.15, 0.2) is 267 Å². The van der Waals surface area contributed by atoms with Crippen molar-refractivity contribution in [2.24, 2.45) is 65.5 Å². The van der Waals surface area contributed by atoms with Gasteiger partial charge in [0, 0.05) is 109 Å². The molecule has 0 radical (unpaired) electrons. The molecule has 30 nitrogen and oxygen atoms in total. The summed E-state index contributed by atoms with van der Waals surface area (Å²) in [6.45, 7) is 20.4. The third-order valence-corrected chi connectivity index (χ3v) is 28.7. The van der Waals surface area contributed by atoms with Crippen LogP contribution in [0.1, 0.15) is 172 Å². The quantitative estimate of drug-likeness (QED) is 0.0445. The third-order valence-electron chi connectivity index (χ3n) is 26.4. The van der Waals surface area contributed by atoms with Crippen LogP contribution in [-0.4, -0.2) is 173 Å². The van der Waals surface area contributed by atoms with E-state index in [1.807, 2.05) is 184 Å². The van der Waals surface area contributed by atoms with Crippen LogP contribution in [-0.2, 0) is 64.4 Å². The molecule has 0 aliphatic carbocycles. The van der Waals surface area contributed by atoms with Crippen molar-refractivity contribution in [3.8, 4) is 29.0 Å². The average Bonchev–Trinajstić information content (AvgIpc) is 1.41. The molecule has 7 amide bonds. The normalized spacial score (nSPS) is 21.3. The Morgan fingerprint density at radius 3 is 1.86 bits per heavy atom. The Balaban J connectivity index is 0.000000138. The number of likely N-dealkylation sites (tertiary alicyclic amines) is 1. The second-order valence-electron chi connectivity index (χ2n) is 37.4. The monoisotopic (exact) mass is 1910 g/mol. The molecular weight excluding hydrogens is 1790 g/mol. The zero-order valence-electron chi connectivity index (χ0n) is 79.6. The fourth-order valence-electron chi connectivity index (χ4n) is 17.9. The summed E-state index contributed by atoms with van der Waals surface area (Å²) < 4.78 is 1.69. The first-order chi connectivity index (χ1) is 65.8. The van der Waals surface area contributed by atoms with E-state index >= 15 is 0 Å². The number of nitrogens with zero attached hydrogens (tertiary/aromatic N) is 17. The minimum absolute atomic E-state index is 0.0108. The number of carbonyl (C=O) groups is 6. The molecule has 12 aromatic rings. The number of urea groups is 1. The maximum Gasteiger partial charge on any atom is 0.321 e. The molecule has 12 N–H and O–H groups in total. The Labute approximate surface area is 816 Å². The lowest BCUT2D eigenvalue weighted by Gasteiger charge is -2.43. The minimum atomic E-state index is -1.13. The number of aromatic amines is 1. The van der Waals surface area contributed by atoms with Crippen molar-refractivity contribution < 1.29 is 28.8 Å². The van der Waals surface area contributed by atoms with Crippen molar-refractivity contribution in [2.45, 2.75) is 152 Å². The molecule has 18 rings (SSSR count). The molecule has 710 valence electrons. The summed E-state index contributed by atoms with van der Waals surface area (Å²) in [6.07, 6.45) is 12.2. The Morgan fingerprint density at radius 2 is 1.23 bits per heavy atom. The largest absolute Gasteiger partial charge is 0.369 e. The maximum absolute atomic E-state index is 13.6. The summed E-state index contributed by atoms with van der Waals surface area (Å²) in [5, 5.41) is 39.0. The van der Waals surface area contributed by atoms with E-state index in [-0.39, 0.29) is 76.7 Å². The number of hydrogen-bond acceptors (Lipinski definition) is 23. The minimum Gasteiger partial charge on any atom is -0.369 e. The fraction of sp³-hybridized carbons (Fsp3) is 0.314. The first-order valence-electron chi connectivity index (χ1n) is 45.5. The highest BCUT2D eigenvalue weighted by atomic mass is 35.5. The number of guanidine groups is 5. The standard InChI is InChI=1S/C26H28N6O.C22H20N4O.C21H18N4OS2.C18H24ClN5O2.C18H25N5O/c1-25(2,3)19-11-9-18(10-12-19)22-23(33)31(5)24(28)30-26(22,4)20-15-29-32(16-20)21-8-6-7-17(13-21)14-27;23-21-25-22(18-7-3-1-4-8-18,19-9-5-2-6-10-19)20(27)26(21)16-13-17-11-14-24-15-12-17;1-21(17-10-15(12-28-17)14-6-3-5-13(9-14)11-22)18(16-7-4-8-27-16)19(26)25(2)20(23)24-21;1-18(10-15(25)23(2)16(20)22-18)12-5-4-8-24(11-12)17(26)21-14-7-3-6-13(19)9-14;1-11(2)5-7-14-13-9-12(6-8-15(13)22-21-14)18(3)10-16(24)23(4)17(19)20-18/h6-13,15-16,22H,1-5H3,(H2,28,30);1-12,14-15H,13,16H2,(H2,23,25);3-10,12,18H,1-2H3,(H2,23,24);3,6-7,9,12H,4-5,8,10-11H2,1-2H3,(H2,20,22)(H,21,26);6,8-9,11H,5,7,10H2,1-4H3,(H2,19,20)(H,21,22)/t22-,26+;;18-,21-;12?,18-;18-/m0.100/s1. The SMILES string of the molecule is CC(C)CCc1[nH]nc2ccc([C@]3(C)CC(=O)N(C)C(N)=N3)cc12.CN1C(=O)C[C@@](C)(C2CCCN(C(=O)Nc3cccc(Cl)c3)C2)N=C1N.CN1C(=O)[C@@H](c2cccs2)[C@@](C)(c2cc(-c3cccc(C#N)c3)cs2)N=C1N.CN1C(=O)[C@H](c2ccc(C(C)(C)C)cc2)[C@@](C)(c2cnn(-c3cccc(C#N)c3)c2)N=C1N.NC1=NC(c2ccccc2)(c2ccccc2)C(=O)N1CCc1ccncc1. The van der Waals surface area contributed by atoms with Crippen LogP contribution in [0.25, 0.3) is 27.7 Å². The van der Waals surface area contributed by atoms with Crippen LogP contribution >= 0.6 is 34.3 Å². The predicted octanol–water partition coefficient (Wildman–Crippen LogP) is 15.7. The molecule has 7 aromatic carbocycles. The van der Waals surface area contributed by atoms with E-state index in [4.69, 9.17) is 60.5 Å². The average molecular weight is 1910 g/mol. The van der Waals surface area contributed by atoms with Gasteiger partial charge in [-0.25, -0.2) is 34.4 Å². The zero-order valence-corrected chi connectivity index (χ0v) is 82.0. The van der Waals surface area contributed by atoms with Gasteiger partial charge < -0.3 is 38.9 Å².